The predicted molar refractivity (Wildman–Crippen MR) is 114 cm³/mol. The van der Waals surface area contributed by atoms with Gasteiger partial charge in [0.1, 0.15) is 0 Å². The Labute approximate surface area is 173 Å². The highest BCUT2D eigenvalue weighted by Crippen LogP contribution is 2.33. The van der Waals surface area contributed by atoms with E-state index in [9.17, 15) is 9.59 Å². The van der Waals surface area contributed by atoms with Gasteiger partial charge in [0, 0.05) is 17.2 Å². The highest BCUT2D eigenvalue weighted by Gasteiger charge is 2.26. The van der Waals surface area contributed by atoms with Gasteiger partial charge in [0.05, 0.1) is 16.6 Å². The molecule has 1 aliphatic rings. The maximum Gasteiger partial charge on any atom is 0.321 e. The number of hydrogen-bond acceptors (Lipinski definition) is 4. The van der Waals surface area contributed by atoms with Gasteiger partial charge in [-0.2, -0.15) is 0 Å². The summed E-state index contributed by atoms with van der Waals surface area (Å²) in [5.41, 5.74) is 3.75. The first-order valence-corrected chi connectivity index (χ1v) is 10.5. The monoisotopic (exact) mass is 406 g/mol. The number of amides is 3. The normalized spacial score (nSPS) is 14.2. The second-order valence-corrected chi connectivity index (χ2v) is 8.32. The van der Waals surface area contributed by atoms with Gasteiger partial charge in [-0.15, -0.1) is 0 Å². The van der Waals surface area contributed by atoms with Crippen molar-refractivity contribution in [2.75, 3.05) is 0 Å². The molecule has 29 heavy (non-hydrogen) atoms. The van der Waals surface area contributed by atoms with Crippen LogP contribution in [0.1, 0.15) is 19.8 Å². The fraction of sp³-hybridized carbons (Fsp3) is 0.227. The van der Waals surface area contributed by atoms with Crippen molar-refractivity contribution in [3.05, 3.63) is 60.7 Å². The molecule has 2 aromatic carbocycles. The summed E-state index contributed by atoms with van der Waals surface area (Å²) in [4.78, 5) is 32.3. The van der Waals surface area contributed by atoms with Crippen molar-refractivity contribution in [1.82, 2.24) is 20.6 Å². The summed E-state index contributed by atoms with van der Waals surface area (Å²) >= 11 is 1.29. The summed E-state index contributed by atoms with van der Waals surface area (Å²) in [6.45, 7) is 1.76. The molecule has 3 N–H and O–H groups in total. The maximum atomic E-state index is 12.4. The third-order valence-corrected chi connectivity index (χ3v) is 5.58. The van der Waals surface area contributed by atoms with Crippen LogP contribution in [0.3, 0.4) is 0 Å². The van der Waals surface area contributed by atoms with E-state index in [2.05, 4.69) is 15.6 Å². The van der Waals surface area contributed by atoms with Crippen molar-refractivity contribution in [1.29, 1.82) is 0 Å². The van der Waals surface area contributed by atoms with Crippen LogP contribution in [-0.4, -0.2) is 33.2 Å². The lowest BCUT2D eigenvalue weighted by Gasteiger charge is -2.10. The molecular weight excluding hydrogens is 384 g/mol. The van der Waals surface area contributed by atoms with E-state index in [-0.39, 0.29) is 11.9 Å². The van der Waals surface area contributed by atoms with Crippen molar-refractivity contribution in [3.8, 4) is 22.5 Å². The van der Waals surface area contributed by atoms with E-state index in [1.165, 1.54) is 11.8 Å². The summed E-state index contributed by atoms with van der Waals surface area (Å²) < 4.78 is 0. The third-order valence-electron chi connectivity index (χ3n) is 4.60. The standard InChI is InChI=1S/C22H22N4O2S/c1-14(20(27)26-21(28)23-17-12-13-17)29-22-24-18(15-8-4-2-5-9-15)19(25-22)16-10-6-3-7-11-16/h2-11,14,17H,12-13H2,1H3,(H,24,25)(H2,23,26,27,28). The Kier molecular flexibility index (Phi) is 5.67. The zero-order valence-corrected chi connectivity index (χ0v) is 16.8. The van der Waals surface area contributed by atoms with Crippen molar-refractivity contribution < 1.29 is 9.59 Å². The van der Waals surface area contributed by atoms with Crippen LogP contribution in [0.25, 0.3) is 22.5 Å². The van der Waals surface area contributed by atoms with Crippen LogP contribution in [0.5, 0.6) is 0 Å². The highest BCUT2D eigenvalue weighted by molar-refractivity contribution is 8.00. The van der Waals surface area contributed by atoms with Gasteiger partial charge in [0.25, 0.3) is 0 Å². The topological polar surface area (TPSA) is 86.9 Å². The zero-order chi connectivity index (χ0) is 20.2. The van der Waals surface area contributed by atoms with E-state index in [0.717, 1.165) is 35.4 Å². The van der Waals surface area contributed by atoms with Crippen LogP contribution in [-0.2, 0) is 4.79 Å². The number of thioether (sulfide) groups is 1. The Hall–Kier alpha value is -3.06. The smallest absolute Gasteiger partial charge is 0.321 e. The Morgan fingerprint density at radius 3 is 2.28 bits per heavy atom. The molecule has 1 aromatic heterocycles. The number of benzene rings is 2. The van der Waals surface area contributed by atoms with Crippen LogP contribution in [0.15, 0.2) is 65.8 Å². The first kappa shape index (κ1) is 19.3. The van der Waals surface area contributed by atoms with E-state index >= 15 is 0 Å². The van der Waals surface area contributed by atoms with Gasteiger partial charge in [-0.25, -0.2) is 9.78 Å². The molecule has 0 radical (unpaired) electrons. The lowest BCUT2D eigenvalue weighted by molar-refractivity contribution is -0.119. The molecule has 7 heteroatoms. The average Bonchev–Trinajstić information content (AvgIpc) is 3.45. The SMILES string of the molecule is CC(Sc1nc(-c2ccccc2)c(-c2ccccc2)[nH]1)C(=O)NC(=O)NC1CC1. The fourth-order valence-electron chi connectivity index (χ4n) is 2.91. The minimum absolute atomic E-state index is 0.206. The van der Waals surface area contributed by atoms with Gasteiger partial charge < -0.3 is 10.3 Å². The number of imidazole rings is 1. The number of hydrogen-bond donors (Lipinski definition) is 3. The van der Waals surface area contributed by atoms with Crippen molar-refractivity contribution >= 4 is 23.7 Å². The van der Waals surface area contributed by atoms with Crippen LogP contribution in [0, 0.1) is 0 Å². The first-order chi connectivity index (χ1) is 14.1. The Balaban J connectivity index is 1.53. The minimum atomic E-state index is -0.474. The van der Waals surface area contributed by atoms with Crippen molar-refractivity contribution in [2.45, 2.75) is 36.2 Å². The number of nitrogens with one attached hydrogen (secondary N) is 3. The molecule has 0 saturated heterocycles. The number of carbonyl (C=O) groups excluding carboxylic acids is 2. The molecule has 1 atom stereocenters. The van der Waals surface area contributed by atoms with Gasteiger partial charge in [0.2, 0.25) is 5.91 Å². The molecule has 1 unspecified atom stereocenters. The fourth-order valence-corrected chi connectivity index (χ4v) is 3.72. The number of urea groups is 1. The van der Waals surface area contributed by atoms with Gasteiger partial charge in [0.15, 0.2) is 5.16 Å². The Bertz CT molecular complexity index is 943. The molecule has 1 fully saturated rings. The highest BCUT2D eigenvalue weighted by atomic mass is 32.2. The van der Waals surface area contributed by atoms with E-state index in [0.29, 0.717) is 5.16 Å². The second kappa shape index (κ2) is 8.53. The lowest BCUT2D eigenvalue weighted by atomic mass is 10.1. The minimum Gasteiger partial charge on any atom is -0.335 e. The molecule has 3 aromatic rings. The predicted octanol–water partition coefficient (Wildman–Crippen LogP) is 4.21. The molecular formula is C22H22N4O2S. The molecule has 1 aliphatic carbocycles. The summed E-state index contributed by atoms with van der Waals surface area (Å²) in [6.07, 6.45) is 1.95. The zero-order valence-electron chi connectivity index (χ0n) is 16.0. The van der Waals surface area contributed by atoms with Gasteiger partial charge in [-0.1, -0.05) is 72.4 Å². The van der Waals surface area contributed by atoms with Crippen LogP contribution in [0.4, 0.5) is 4.79 Å². The maximum absolute atomic E-state index is 12.4. The summed E-state index contributed by atoms with van der Waals surface area (Å²) in [6, 6.07) is 19.7. The molecule has 0 bridgehead atoms. The summed E-state index contributed by atoms with van der Waals surface area (Å²) in [5.74, 6) is -0.341. The molecule has 4 rings (SSSR count). The lowest BCUT2D eigenvalue weighted by Crippen LogP contribution is -2.43. The first-order valence-electron chi connectivity index (χ1n) is 9.59. The van der Waals surface area contributed by atoms with E-state index in [1.807, 2.05) is 60.7 Å². The number of H-pyrrole nitrogens is 1. The van der Waals surface area contributed by atoms with Gasteiger partial charge in [-0.3, -0.25) is 10.1 Å². The van der Waals surface area contributed by atoms with E-state index < -0.39 is 11.3 Å². The molecule has 1 saturated carbocycles. The molecule has 0 spiro atoms. The number of aromatic nitrogens is 2. The number of nitrogens with zero attached hydrogens (tertiary/aromatic N) is 1. The Morgan fingerprint density at radius 1 is 1.03 bits per heavy atom. The summed E-state index contributed by atoms with van der Waals surface area (Å²) in [5, 5.41) is 5.32. The molecule has 148 valence electrons. The Morgan fingerprint density at radius 2 is 1.66 bits per heavy atom. The molecule has 6 nitrogen and oxygen atoms in total. The number of imide groups is 1. The van der Waals surface area contributed by atoms with Gasteiger partial charge in [-0.05, 0) is 19.8 Å². The van der Waals surface area contributed by atoms with Gasteiger partial charge >= 0.3 is 6.03 Å². The average molecular weight is 407 g/mol. The van der Waals surface area contributed by atoms with Crippen LogP contribution < -0.4 is 10.6 Å². The number of aromatic amines is 1. The van der Waals surface area contributed by atoms with E-state index in [1.54, 1.807) is 6.92 Å². The van der Waals surface area contributed by atoms with E-state index in [4.69, 9.17) is 4.98 Å². The summed E-state index contributed by atoms with van der Waals surface area (Å²) in [7, 11) is 0. The molecule has 1 heterocycles. The third kappa shape index (κ3) is 4.86. The second-order valence-electron chi connectivity index (χ2n) is 6.99. The molecule has 3 amide bonds. The number of rotatable bonds is 6. The van der Waals surface area contributed by atoms with Crippen LogP contribution >= 0.6 is 11.8 Å². The number of carbonyl (C=O) groups is 2. The van der Waals surface area contributed by atoms with Crippen molar-refractivity contribution in [3.63, 3.8) is 0 Å². The van der Waals surface area contributed by atoms with Crippen molar-refractivity contribution in [2.24, 2.45) is 0 Å². The largest absolute Gasteiger partial charge is 0.335 e. The quantitative estimate of drug-likeness (QED) is 0.535. The molecule has 0 aliphatic heterocycles. The van der Waals surface area contributed by atoms with Crippen LogP contribution in [0.2, 0.25) is 0 Å².